The normalized spacial score (nSPS) is 17.6. The molecule has 0 bridgehead atoms. The topological polar surface area (TPSA) is 46.2 Å². The highest BCUT2D eigenvalue weighted by molar-refractivity contribution is 5.85. The van der Waals surface area contributed by atoms with E-state index in [0.717, 1.165) is 11.1 Å². The molecule has 1 aromatic rings. The van der Waals surface area contributed by atoms with Gasteiger partial charge in [0, 0.05) is 11.6 Å². The van der Waals surface area contributed by atoms with Gasteiger partial charge in [0.25, 0.3) is 0 Å². The summed E-state index contributed by atoms with van der Waals surface area (Å²) in [5, 5.41) is 10.8. The van der Waals surface area contributed by atoms with Gasteiger partial charge in [-0.15, -0.1) is 12.4 Å². The number of halogens is 1. The number of hydrogen-bond donors (Lipinski definition) is 2. The Morgan fingerprint density at radius 2 is 1.59 bits per heavy atom. The minimum atomic E-state index is -0.0839. The maximum absolute atomic E-state index is 10.8. The van der Waals surface area contributed by atoms with Gasteiger partial charge in [0.05, 0.1) is 0 Å². The standard InChI is InChI=1S/C19H31NO.ClH/c1-18(2,3)13-10-14(16(20)12-8-7-9-12)17(21)15(11-13)19(4,5)6;/h10-12,16,21H,7-9,20H2,1-6H3;1H/t16-;/m1./s1. The van der Waals surface area contributed by atoms with Crippen molar-refractivity contribution in [3.8, 4) is 5.75 Å². The number of hydrogen-bond acceptors (Lipinski definition) is 2. The van der Waals surface area contributed by atoms with Crippen LogP contribution in [0.3, 0.4) is 0 Å². The average molecular weight is 326 g/mol. The Hall–Kier alpha value is -0.730. The first kappa shape index (κ1) is 19.3. The molecule has 1 aliphatic carbocycles. The van der Waals surface area contributed by atoms with E-state index in [1.807, 2.05) is 0 Å². The van der Waals surface area contributed by atoms with Crippen molar-refractivity contribution in [2.75, 3.05) is 0 Å². The van der Waals surface area contributed by atoms with E-state index in [1.54, 1.807) is 0 Å². The van der Waals surface area contributed by atoms with Gasteiger partial charge in [-0.1, -0.05) is 54.0 Å². The van der Waals surface area contributed by atoms with Crippen molar-refractivity contribution in [1.29, 1.82) is 0 Å². The summed E-state index contributed by atoms with van der Waals surface area (Å²) in [6.45, 7) is 13.1. The molecule has 3 N–H and O–H groups in total. The molecule has 1 aromatic carbocycles. The van der Waals surface area contributed by atoms with E-state index in [0.29, 0.717) is 11.7 Å². The van der Waals surface area contributed by atoms with Crippen molar-refractivity contribution >= 4 is 12.4 Å². The van der Waals surface area contributed by atoms with Gasteiger partial charge in [0.1, 0.15) is 5.75 Å². The minimum Gasteiger partial charge on any atom is -0.507 e. The fraction of sp³-hybridized carbons (Fsp3) is 0.684. The smallest absolute Gasteiger partial charge is 0.124 e. The molecule has 2 rings (SSSR count). The molecule has 1 saturated carbocycles. The van der Waals surface area contributed by atoms with E-state index < -0.39 is 0 Å². The fourth-order valence-electron chi connectivity index (χ4n) is 2.97. The number of phenolic OH excluding ortho intramolecular Hbond substituents is 1. The molecule has 1 fully saturated rings. The third-order valence-corrected chi connectivity index (χ3v) is 4.83. The number of aromatic hydroxyl groups is 1. The summed E-state index contributed by atoms with van der Waals surface area (Å²) in [5.41, 5.74) is 9.65. The van der Waals surface area contributed by atoms with Crippen molar-refractivity contribution in [2.24, 2.45) is 11.7 Å². The molecule has 22 heavy (non-hydrogen) atoms. The van der Waals surface area contributed by atoms with Crippen LogP contribution in [-0.2, 0) is 10.8 Å². The van der Waals surface area contributed by atoms with E-state index >= 15 is 0 Å². The van der Waals surface area contributed by atoms with Gasteiger partial charge in [0.15, 0.2) is 0 Å². The summed E-state index contributed by atoms with van der Waals surface area (Å²) in [6.07, 6.45) is 3.64. The molecule has 2 nitrogen and oxygen atoms in total. The van der Waals surface area contributed by atoms with Crippen LogP contribution >= 0.6 is 12.4 Å². The molecular weight excluding hydrogens is 294 g/mol. The van der Waals surface area contributed by atoms with Crippen molar-refractivity contribution < 1.29 is 5.11 Å². The summed E-state index contributed by atoms with van der Waals surface area (Å²) in [7, 11) is 0. The number of rotatable bonds is 2. The Kier molecular flexibility index (Phi) is 5.63. The van der Waals surface area contributed by atoms with Crippen LogP contribution in [0.4, 0.5) is 0 Å². The van der Waals surface area contributed by atoms with Crippen LogP contribution in [0, 0.1) is 5.92 Å². The second kappa shape index (κ2) is 6.41. The van der Waals surface area contributed by atoms with Crippen LogP contribution in [0.25, 0.3) is 0 Å². The van der Waals surface area contributed by atoms with Crippen molar-refractivity contribution in [2.45, 2.75) is 77.7 Å². The molecule has 3 heteroatoms. The summed E-state index contributed by atoms with van der Waals surface area (Å²) in [6, 6.07) is 4.25. The number of nitrogens with two attached hydrogens (primary N) is 1. The zero-order valence-corrected chi connectivity index (χ0v) is 15.7. The highest BCUT2D eigenvalue weighted by Gasteiger charge is 2.31. The van der Waals surface area contributed by atoms with E-state index in [1.165, 1.54) is 24.8 Å². The molecule has 1 aliphatic rings. The Bertz CT molecular complexity index is 521. The lowest BCUT2D eigenvalue weighted by Crippen LogP contribution is -2.28. The van der Waals surface area contributed by atoms with Crippen LogP contribution in [0.5, 0.6) is 5.75 Å². The lowest BCUT2D eigenvalue weighted by molar-refractivity contribution is 0.259. The maximum atomic E-state index is 10.8. The van der Waals surface area contributed by atoms with Gasteiger partial charge < -0.3 is 10.8 Å². The molecule has 0 heterocycles. The Labute approximate surface area is 141 Å². The minimum absolute atomic E-state index is 0. The summed E-state index contributed by atoms with van der Waals surface area (Å²) in [5.74, 6) is 0.939. The molecule has 126 valence electrons. The SMILES string of the molecule is CC(C)(C)c1cc([C@H](N)C2CCC2)c(O)c(C(C)(C)C)c1.Cl. The van der Waals surface area contributed by atoms with Gasteiger partial charge in [-0.25, -0.2) is 0 Å². The molecule has 0 aromatic heterocycles. The Morgan fingerprint density at radius 1 is 1.05 bits per heavy atom. The molecule has 0 spiro atoms. The first-order valence-electron chi connectivity index (χ1n) is 8.15. The Balaban J connectivity index is 0.00000242. The highest BCUT2D eigenvalue weighted by atomic mass is 35.5. The largest absolute Gasteiger partial charge is 0.507 e. The van der Waals surface area contributed by atoms with Crippen molar-refractivity contribution in [3.63, 3.8) is 0 Å². The van der Waals surface area contributed by atoms with Crippen LogP contribution < -0.4 is 5.73 Å². The van der Waals surface area contributed by atoms with Gasteiger partial charge in [-0.3, -0.25) is 0 Å². The molecule has 0 radical (unpaired) electrons. The molecule has 0 saturated heterocycles. The van der Waals surface area contributed by atoms with Crippen LogP contribution in [0.2, 0.25) is 0 Å². The highest BCUT2D eigenvalue weighted by Crippen LogP contribution is 2.44. The number of phenols is 1. The summed E-state index contributed by atoms with van der Waals surface area (Å²) >= 11 is 0. The van der Waals surface area contributed by atoms with Gasteiger partial charge >= 0.3 is 0 Å². The average Bonchev–Trinajstić information content (AvgIpc) is 2.23. The van der Waals surface area contributed by atoms with E-state index in [9.17, 15) is 5.11 Å². The summed E-state index contributed by atoms with van der Waals surface area (Å²) in [4.78, 5) is 0. The predicted molar refractivity (Wildman–Crippen MR) is 97.0 cm³/mol. The fourth-order valence-corrected chi connectivity index (χ4v) is 2.97. The zero-order valence-electron chi connectivity index (χ0n) is 14.9. The summed E-state index contributed by atoms with van der Waals surface area (Å²) < 4.78 is 0. The lowest BCUT2D eigenvalue weighted by atomic mass is 9.73. The van der Waals surface area contributed by atoms with Gasteiger partial charge in [-0.2, -0.15) is 0 Å². The monoisotopic (exact) mass is 325 g/mol. The quantitative estimate of drug-likeness (QED) is 0.784. The first-order valence-corrected chi connectivity index (χ1v) is 8.15. The predicted octanol–water partition coefficient (Wildman–Crippen LogP) is 5.21. The van der Waals surface area contributed by atoms with Gasteiger partial charge in [-0.05, 0) is 46.8 Å². The van der Waals surface area contributed by atoms with E-state index in [-0.39, 0.29) is 29.3 Å². The van der Waals surface area contributed by atoms with Crippen LogP contribution in [0.1, 0.15) is 83.5 Å². The molecule has 0 amide bonds. The number of benzene rings is 1. The molecular formula is C19H32ClNO. The molecule has 0 aliphatic heterocycles. The Morgan fingerprint density at radius 3 is 1.95 bits per heavy atom. The molecule has 1 atom stereocenters. The van der Waals surface area contributed by atoms with Crippen molar-refractivity contribution in [1.82, 2.24) is 0 Å². The second-order valence-electron chi connectivity index (χ2n) is 8.68. The van der Waals surface area contributed by atoms with Crippen LogP contribution in [0.15, 0.2) is 12.1 Å². The van der Waals surface area contributed by atoms with Crippen molar-refractivity contribution in [3.05, 3.63) is 28.8 Å². The van der Waals surface area contributed by atoms with Gasteiger partial charge in [0.2, 0.25) is 0 Å². The molecule has 0 unspecified atom stereocenters. The zero-order chi connectivity index (χ0) is 16.0. The lowest BCUT2D eigenvalue weighted by Gasteiger charge is -2.34. The van der Waals surface area contributed by atoms with Crippen LogP contribution in [-0.4, -0.2) is 5.11 Å². The second-order valence-corrected chi connectivity index (χ2v) is 8.68. The third kappa shape index (κ3) is 3.78. The first-order chi connectivity index (χ1) is 9.51. The van der Waals surface area contributed by atoms with E-state index in [2.05, 4.69) is 53.7 Å². The van der Waals surface area contributed by atoms with E-state index in [4.69, 9.17) is 5.73 Å². The maximum Gasteiger partial charge on any atom is 0.124 e. The third-order valence-electron chi connectivity index (χ3n) is 4.83.